The third kappa shape index (κ3) is 4.00. The number of rotatable bonds is 6. The lowest BCUT2D eigenvalue weighted by Gasteiger charge is -2.46. The van der Waals surface area contributed by atoms with E-state index in [-0.39, 0.29) is 0 Å². The second-order valence-corrected chi connectivity index (χ2v) is 9.09. The summed E-state index contributed by atoms with van der Waals surface area (Å²) in [6, 6.07) is 6.32. The summed E-state index contributed by atoms with van der Waals surface area (Å²) >= 11 is 0. The standard InChI is InChI=1S/C24H33N7O/c25-22(19-12-21(14-27-13-19)30-10-4-5-11-30)16-31(26)24(17-32-18-24)23-7-6-20(15-28-23)29-8-2-1-3-9-29/h6-7,12-16H,1-5,8-11,17-18,25-26H2/b22-16-. The third-order valence-corrected chi connectivity index (χ3v) is 6.93. The van der Waals surface area contributed by atoms with E-state index in [1.165, 1.54) is 37.8 Å². The van der Waals surface area contributed by atoms with Crippen LogP contribution >= 0.6 is 0 Å². The van der Waals surface area contributed by atoms with Crippen molar-refractivity contribution in [3.05, 3.63) is 54.2 Å². The number of ether oxygens (including phenoxy) is 1. The number of aromatic nitrogens is 2. The van der Waals surface area contributed by atoms with Crippen LogP contribution in [0.2, 0.25) is 0 Å². The Hall–Kier alpha value is -2.84. The predicted molar refractivity (Wildman–Crippen MR) is 127 cm³/mol. The van der Waals surface area contributed by atoms with Crippen LogP contribution in [0, 0.1) is 0 Å². The van der Waals surface area contributed by atoms with Crippen LogP contribution in [0.15, 0.2) is 43.0 Å². The molecule has 0 radical (unpaired) electrons. The Labute approximate surface area is 189 Å². The van der Waals surface area contributed by atoms with Crippen LogP contribution in [0.1, 0.15) is 43.4 Å². The van der Waals surface area contributed by atoms with Crippen molar-refractivity contribution in [1.29, 1.82) is 0 Å². The van der Waals surface area contributed by atoms with Crippen LogP contribution in [-0.2, 0) is 10.3 Å². The minimum Gasteiger partial charge on any atom is -0.397 e. The van der Waals surface area contributed by atoms with Crippen molar-refractivity contribution < 1.29 is 4.74 Å². The molecule has 3 aliphatic heterocycles. The molecule has 0 aliphatic carbocycles. The molecule has 170 valence electrons. The van der Waals surface area contributed by atoms with Crippen LogP contribution in [-0.4, -0.2) is 54.4 Å². The molecule has 8 heteroatoms. The van der Waals surface area contributed by atoms with Gasteiger partial charge < -0.3 is 20.3 Å². The van der Waals surface area contributed by atoms with Crippen molar-refractivity contribution in [2.75, 3.05) is 49.2 Å². The van der Waals surface area contributed by atoms with E-state index < -0.39 is 5.54 Å². The maximum atomic E-state index is 6.54. The Morgan fingerprint density at radius 2 is 1.62 bits per heavy atom. The number of pyridine rings is 2. The molecule has 8 nitrogen and oxygen atoms in total. The molecule has 0 unspecified atom stereocenters. The van der Waals surface area contributed by atoms with Crippen molar-refractivity contribution in [3.63, 3.8) is 0 Å². The Balaban J connectivity index is 1.34. The van der Waals surface area contributed by atoms with Gasteiger partial charge in [-0.2, -0.15) is 0 Å². The summed E-state index contributed by atoms with van der Waals surface area (Å²) < 4.78 is 5.57. The van der Waals surface area contributed by atoms with Gasteiger partial charge in [0.2, 0.25) is 0 Å². The van der Waals surface area contributed by atoms with Gasteiger partial charge in [0.05, 0.1) is 48.4 Å². The summed E-state index contributed by atoms with van der Waals surface area (Å²) in [5.41, 5.74) is 10.6. The van der Waals surface area contributed by atoms with E-state index in [0.29, 0.717) is 18.9 Å². The summed E-state index contributed by atoms with van der Waals surface area (Å²) in [7, 11) is 0. The molecule has 0 aromatic carbocycles. The molecule has 32 heavy (non-hydrogen) atoms. The molecule has 0 saturated carbocycles. The number of nitrogens with zero attached hydrogens (tertiary/aromatic N) is 5. The fourth-order valence-corrected chi connectivity index (χ4v) is 4.81. The van der Waals surface area contributed by atoms with Crippen LogP contribution in [0.5, 0.6) is 0 Å². The molecule has 5 heterocycles. The molecule has 2 aromatic rings. The van der Waals surface area contributed by atoms with Gasteiger partial charge in [0.15, 0.2) is 0 Å². The first kappa shape index (κ1) is 21.0. The van der Waals surface area contributed by atoms with Gasteiger partial charge in [0.1, 0.15) is 5.54 Å². The first-order valence-electron chi connectivity index (χ1n) is 11.7. The molecule has 0 atom stereocenters. The van der Waals surface area contributed by atoms with E-state index in [1.54, 1.807) is 17.4 Å². The van der Waals surface area contributed by atoms with Crippen molar-refractivity contribution in [3.8, 4) is 0 Å². The monoisotopic (exact) mass is 435 g/mol. The van der Waals surface area contributed by atoms with Crippen molar-refractivity contribution in [2.45, 2.75) is 37.6 Å². The van der Waals surface area contributed by atoms with Crippen LogP contribution in [0.25, 0.3) is 5.70 Å². The normalized spacial score (nSPS) is 20.8. The number of hydrazine groups is 1. The second kappa shape index (κ2) is 8.96. The Bertz CT molecular complexity index is 945. The summed E-state index contributed by atoms with van der Waals surface area (Å²) in [4.78, 5) is 13.9. The van der Waals surface area contributed by atoms with E-state index in [2.05, 4.69) is 33.0 Å². The first-order valence-corrected chi connectivity index (χ1v) is 11.7. The molecule has 4 N–H and O–H groups in total. The lowest BCUT2D eigenvalue weighted by molar-refractivity contribution is -0.133. The quantitative estimate of drug-likeness (QED) is 0.528. The highest BCUT2D eigenvalue weighted by molar-refractivity contribution is 5.65. The molecule has 3 fully saturated rings. The van der Waals surface area contributed by atoms with Gasteiger partial charge >= 0.3 is 0 Å². The topological polar surface area (TPSA) is 96.8 Å². The van der Waals surface area contributed by atoms with Gasteiger partial charge in [-0.15, -0.1) is 0 Å². The van der Waals surface area contributed by atoms with Crippen LogP contribution in [0.4, 0.5) is 11.4 Å². The van der Waals surface area contributed by atoms with Gasteiger partial charge in [0.25, 0.3) is 0 Å². The molecular formula is C24H33N7O. The van der Waals surface area contributed by atoms with Gasteiger partial charge in [-0.1, -0.05) is 0 Å². The van der Waals surface area contributed by atoms with Crippen molar-refractivity contribution >= 4 is 17.1 Å². The van der Waals surface area contributed by atoms with Crippen LogP contribution in [0.3, 0.4) is 0 Å². The largest absolute Gasteiger partial charge is 0.397 e. The predicted octanol–water partition coefficient (Wildman–Crippen LogP) is 2.43. The number of anilines is 2. The summed E-state index contributed by atoms with van der Waals surface area (Å²) in [5, 5.41) is 1.66. The highest BCUT2D eigenvalue weighted by atomic mass is 16.5. The Morgan fingerprint density at radius 3 is 2.25 bits per heavy atom. The number of hydrogen-bond donors (Lipinski definition) is 2. The molecule has 0 bridgehead atoms. The van der Waals surface area contributed by atoms with Crippen molar-refractivity contribution in [1.82, 2.24) is 15.0 Å². The average molecular weight is 436 g/mol. The fraction of sp³-hybridized carbons (Fsp3) is 0.500. The van der Waals surface area contributed by atoms with E-state index in [4.69, 9.17) is 21.3 Å². The minimum atomic E-state index is -0.509. The highest BCUT2D eigenvalue weighted by Crippen LogP contribution is 2.35. The highest BCUT2D eigenvalue weighted by Gasteiger charge is 2.45. The Morgan fingerprint density at radius 1 is 0.938 bits per heavy atom. The summed E-state index contributed by atoms with van der Waals surface area (Å²) in [5.74, 6) is 6.54. The second-order valence-electron chi connectivity index (χ2n) is 9.09. The molecule has 0 spiro atoms. The zero-order valence-corrected chi connectivity index (χ0v) is 18.6. The minimum absolute atomic E-state index is 0.482. The van der Waals surface area contributed by atoms with E-state index in [9.17, 15) is 0 Å². The van der Waals surface area contributed by atoms with E-state index in [0.717, 1.165) is 43.1 Å². The van der Waals surface area contributed by atoms with Gasteiger partial charge in [-0.3, -0.25) is 15.0 Å². The zero-order chi connectivity index (χ0) is 22.0. The SMILES string of the molecule is N/C(=C\N(N)C1(c2ccc(N3CCCCC3)cn2)COC1)c1cncc(N2CCCC2)c1. The fourth-order valence-electron chi connectivity index (χ4n) is 4.81. The lowest BCUT2D eigenvalue weighted by atomic mass is 9.91. The molecule has 3 aliphatic rings. The van der Waals surface area contributed by atoms with Crippen molar-refractivity contribution in [2.24, 2.45) is 11.6 Å². The number of piperidine rings is 1. The third-order valence-electron chi connectivity index (χ3n) is 6.93. The summed E-state index contributed by atoms with van der Waals surface area (Å²) in [6.45, 7) is 5.30. The molecular weight excluding hydrogens is 402 g/mol. The van der Waals surface area contributed by atoms with Gasteiger partial charge in [0, 0.05) is 44.1 Å². The van der Waals surface area contributed by atoms with E-state index >= 15 is 0 Å². The maximum absolute atomic E-state index is 6.54. The van der Waals surface area contributed by atoms with Gasteiger partial charge in [-0.05, 0) is 50.3 Å². The molecule has 2 aromatic heterocycles. The first-order chi connectivity index (χ1) is 15.7. The van der Waals surface area contributed by atoms with Crippen LogP contribution < -0.4 is 21.4 Å². The molecule has 3 saturated heterocycles. The average Bonchev–Trinajstić information content (AvgIpc) is 3.35. The summed E-state index contributed by atoms with van der Waals surface area (Å²) in [6.07, 6.45) is 13.7. The van der Waals surface area contributed by atoms with Gasteiger partial charge in [-0.25, -0.2) is 5.84 Å². The number of hydrogen-bond acceptors (Lipinski definition) is 8. The lowest BCUT2D eigenvalue weighted by Crippen LogP contribution is -2.60. The van der Waals surface area contributed by atoms with E-state index in [1.807, 2.05) is 12.4 Å². The smallest absolute Gasteiger partial charge is 0.143 e. The maximum Gasteiger partial charge on any atom is 0.143 e. The Kier molecular flexibility index (Phi) is 5.89. The molecule has 0 amide bonds. The molecule has 5 rings (SSSR count). The number of nitrogens with two attached hydrogens (primary N) is 2. The zero-order valence-electron chi connectivity index (χ0n) is 18.6.